The highest BCUT2D eigenvalue weighted by Crippen LogP contribution is 2.20. The standard InChI is InChI=1S/C13H22N2O5/c1-13(2,3)20-11(17)8(14)7-10(16)15-6-5-9(15)12(18)19-4/h8-9H,5-7,14H2,1-4H3/t8-,9-/m0/s1. The van der Waals surface area contributed by atoms with Crippen molar-refractivity contribution < 1.29 is 23.9 Å². The Labute approximate surface area is 118 Å². The number of hydrogen-bond donors (Lipinski definition) is 1. The van der Waals surface area contributed by atoms with Gasteiger partial charge in [-0.05, 0) is 27.2 Å². The minimum atomic E-state index is -1.03. The van der Waals surface area contributed by atoms with Gasteiger partial charge in [-0.2, -0.15) is 0 Å². The van der Waals surface area contributed by atoms with Crippen LogP contribution >= 0.6 is 0 Å². The molecule has 1 aliphatic heterocycles. The van der Waals surface area contributed by atoms with Gasteiger partial charge in [0.2, 0.25) is 5.91 Å². The highest BCUT2D eigenvalue weighted by molar-refractivity contribution is 5.89. The van der Waals surface area contributed by atoms with E-state index in [2.05, 4.69) is 4.74 Å². The van der Waals surface area contributed by atoms with E-state index >= 15 is 0 Å². The average molecular weight is 286 g/mol. The molecule has 1 aliphatic rings. The van der Waals surface area contributed by atoms with Gasteiger partial charge in [0.1, 0.15) is 17.7 Å². The molecule has 1 fully saturated rings. The van der Waals surface area contributed by atoms with Crippen LogP contribution in [-0.2, 0) is 23.9 Å². The zero-order valence-electron chi connectivity index (χ0n) is 12.3. The number of ether oxygens (including phenoxy) is 2. The van der Waals surface area contributed by atoms with E-state index in [4.69, 9.17) is 10.5 Å². The molecule has 20 heavy (non-hydrogen) atoms. The lowest BCUT2D eigenvalue weighted by Crippen LogP contribution is -2.56. The molecule has 114 valence electrons. The number of carbonyl (C=O) groups is 3. The number of esters is 2. The molecular weight excluding hydrogens is 264 g/mol. The van der Waals surface area contributed by atoms with Gasteiger partial charge in [-0.25, -0.2) is 4.79 Å². The van der Waals surface area contributed by atoms with Crippen molar-refractivity contribution >= 4 is 17.8 Å². The predicted octanol–water partition coefficient (Wildman–Crippen LogP) is -0.181. The van der Waals surface area contributed by atoms with Crippen molar-refractivity contribution in [3.05, 3.63) is 0 Å². The summed E-state index contributed by atoms with van der Waals surface area (Å²) in [7, 11) is 1.27. The van der Waals surface area contributed by atoms with Gasteiger partial charge in [0, 0.05) is 6.54 Å². The highest BCUT2D eigenvalue weighted by Gasteiger charge is 2.39. The van der Waals surface area contributed by atoms with E-state index in [1.165, 1.54) is 12.0 Å². The van der Waals surface area contributed by atoms with Crippen LogP contribution in [-0.4, -0.2) is 54.1 Å². The quantitative estimate of drug-likeness (QED) is 0.720. The lowest BCUT2D eigenvalue weighted by Gasteiger charge is -2.39. The van der Waals surface area contributed by atoms with Crippen LogP contribution in [0.3, 0.4) is 0 Å². The third kappa shape index (κ3) is 4.19. The first-order chi connectivity index (χ1) is 9.15. The van der Waals surface area contributed by atoms with Crippen LogP contribution < -0.4 is 5.73 Å². The Hall–Kier alpha value is -1.63. The Balaban J connectivity index is 2.50. The van der Waals surface area contributed by atoms with Gasteiger partial charge in [0.25, 0.3) is 0 Å². The van der Waals surface area contributed by atoms with Gasteiger partial charge < -0.3 is 20.1 Å². The van der Waals surface area contributed by atoms with Crippen LogP contribution in [0, 0.1) is 0 Å². The summed E-state index contributed by atoms with van der Waals surface area (Å²) in [5.74, 6) is -1.42. The molecule has 7 heteroatoms. The van der Waals surface area contributed by atoms with Crippen LogP contribution in [0.5, 0.6) is 0 Å². The van der Waals surface area contributed by atoms with Crippen molar-refractivity contribution in [3.63, 3.8) is 0 Å². The van der Waals surface area contributed by atoms with Crippen molar-refractivity contribution in [1.29, 1.82) is 0 Å². The third-order valence-electron chi connectivity index (χ3n) is 2.92. The van der Waals surface area contributed by atoms with Crippen LogP contribution in [0.15, 0.2) is 0 Å². The number of nitrogens with two attached hydrogens (primary N) is 1. The van der Waals surface area contributed by atoms with Gasteiger partial charge in [-0.15, -0.1) is 0 Å². The summed E-state index contributed by atoms with van der Waals surface area (Å²) in [6, 6.07) is -1.58. The van der Waals surface area contributed by atoms with E-state index in [-0.39, 0.29) is 12.3 Å². The second-order valence-corrected chi connectivity index (χ2v) is 5.76. The summed E-state index contributed by atoms with van der Waals surface area (Å²) >= 11 is 0. The van der Waals surface area contributed by atoms with Crippen LogP contribution in [0.1, 0.15) is 33.6 Å². The molecule has 1 rings (SSSR count). The number of rotatable bonds is 4. The molecule has 1 saturated heterocycles. The highest BCUT2D eigenvalue weighted by atomic mass is 16.6. The normalized spacial score (nSPS) is 19.9. The first-order valence-electron chi connectivity index (χ1n) is 6.51. The summed E-state index contributed by atoms with van der Waals surface area (Å²) in [4.78, 5) is 36.4. The van der Waals surface area contributed by atoms with Crippen molar-refractivity contribution in [3.8, 4) is 0 Å². The van der Waals surface area contributed by atoms with Crippen molar-refractivity contribution in [2.24, 2.45) is 5.73 Å². The molecule has 0 radical (unpaired) electrons. The summed E-state index contributed by atoms with van der Waals surface area (Å²) in [5, 5.41) is 0. The molecule has 2 N–H and O–H groups in total. The number of likely N-dealkylation sites (tertiary alicyclic amines) is 1. The van der Waals surface area contributed by atoms with Crippen molar-refractivity contribution in [1.82, 2.24) is 4.90 Å². The Bertz CT molecular complexity index is 402. The molecule has 0 aromatic carbocycles. The first-order valence-corrected chi connectivity index (χ1v) is 6.51. The second kappa shape index (κ2) is 6.21. The minimum absolute atomic E-state index is 0.178. The Morgan fingerprint density at radius 2 is 1.95 bits per heavy atom. The molecule has 1 heterocycles. The van der Waals surface area contributed by atoms with Crippen LogP contribution in [0.2, 0.25) is 0 Å². The fraction of sp³-hybridized carbons (Fsp3) is 0.769. The molecule has 2 atom stereocenters. The number of amides is 1. The fourth-order valence-corrected chi connectivity index (χ4v) is 1.83. The molecule has 0 bridgehead atoms. The fourth-order valence-electron chi connectivity index (χ4n) is 1.83. The largest absolute Gasteiger partial charge is 0.467 e. The van der Waals surface area contributed by atoms with E-state index in [1.54, 1.807) is 20.8 Å². The molecule has 0 aliphatic carbocycles. The van der Waals surface area contributed by atoms with Gasteiger partial charge in [-0.3, -0.25) is 9.59 Å². The van der Waals surface area contributed by atoms with Gasteiger partial charge in [0.15, 0.2) is 0 Å². The van der Waals surface area contributed by atoms with Crippen LogP contribution in [0.25, 0.3) is 0 Å². The third-order valence-corrected chi connectivity index (χ3v) is 2.92. The minimum Gasteiger partial charge on any atom is -0.467 e. The number of hydrogen-bond acceptors (Lipinski definition) is 6. The Kier molecular flexibility index (Phi) is 5.10. The molecule has 0 saturated carbocycles. The van der Waals surface area contributed by atoms with E-state index < -0.39 is 29.6 Å². The lowest BCUT2D eigenvalue weighted by atomic mass is 10.0. The molecule has 0 unspecified atom stereocenters. The number of nitrogens with zero attached hydrogens (tertiary/aromatic N) is 1. The van der Waals surface area contributed by atoms with E-state index in [9.17, 15) is 14.4 Å². The van der Waals surface area contributed by atoms with Crippen molar-refractivity contribution in [2.75, 3.05) is 13.7 Å². The average Bonchev–Trinajstić information content (AvgIpc) is 2.24. The van der Waals surface area contributed by atoms with E-state index in [0.29, 0.717) is 13.0 Å². The Morgan fingerprint density at radius 3 is 2.35 bits per heavy atom. The summed E-state index contributed by atoms with van der Waals surface area (Å²) in [6.07, 6.45) is 0.391. The Morgan fingerprint density at radius 1 is 1.35 bits per heavy atom. The number of methoxy groups -OCH3 is 1. The first kappa shape index (κ1) is 16.4. The van der Waals surface area contributed by atoms with E-state index in [1.807, 2.05) is 0 Å². The summed E-state index contributed by atoms with van der Waals surface area (Å²) in [6.45, 7) is 5.64. The SMILES string of the molecule is COC(=O)[C@@H]1CCN1C(=O)C[C@H](N)C(=O)OC(C)(C)C. The van der Waals surface area contributed by atoms with Crippen LogP contribution in [0.4, 0.5) is 0 Å². The summed E-state index contributed by atoms with van der Waals surface area (Å²) < 4.78 is 9.70. The van der Waals surface area contributed by atoms with E-state index in [0.717, 1.165) is 0 Å². The maximum Gasteiger partial charge on any atom is 0.328 e. The second-order valence-electron chi connectivity index (χ2n) is 5.76. The molecule has 1 amide bonds. The molecule has 7 nitrogen and oxygen atoms in total. The topological polar surface area (TPSA) is 98.9 Å². The zero-order chi connectivity index (χ0) is 15.5. The molecule has 0 aromatic heterocycles. The maximum atomic E-state index is 12.0. The monoisotopic (exact) mass is 286 g/mol. The van der Waals surface area contributed by atoms with Crippen molar-refractivity contribution in [2.45, 2.75) is 51.3 Å². The number of carbonyl (C=O) groups excluding carboxylic acids is 3. The van der Waals surface area contributed by atoms with Gasteiger partial charge in [0.05, 0.1) is 13.5 Å². The van der Waals surface area contributed by atoms with Gasteiger partial charge >= 0.3 is 11.9 Å². The summed E-state index contributed by atoms with van der Waals surface area (Å²) in [5.41, 5.74) is 5.01. The predicted molar refractivity (Wildman–Crippen MR) is 70.6 cm³/mol. The molecule has 0 aromatic rings. The zero-order valence-corrected chi connectivity index (χ0v) is 12.3. The lowest BCUT2D eigenvalue weighted by molar-refractivity contribution is -0.162. The molecular formula is C13H22N2O5. The molecule has 0 spiro atoms. The smallest absolute Gasteiger partial charge is 0.328 e. The maximum absolute atomic E-state index is 12.0. The van der Waals surface area contributed by atoms with Gasteiger partial charge in [-0.1, -0.05) is 0 Å².